The van der Waals surface area contributed by atoms with Gasteiger partial charge in [0.1, 0.15) is 0 Å². The van der Waals surface area contributed by atoms with Crippen LogP contribution >= 0.6 is 0 Å². The minimum Gasteiger partial charge on any atom is -0.293 e. The van der Waals surface area contributed by atoms with Gasteiger partial charge >= 0.3 is 0 Å². The van der Waals surface area contributed by atoms with E-state index in [1.807, 2.05) is 18.2 Å². The van der Waals surface area contributed by atoms with Crippen LogP contribution in [-0.2, 0) is 0 Å². The van der Waals surface area contributed by atoms with Crippen LogP contribution in [0.15, 0.2) is 30.3 Å². The highest BCUT2D eigenvalue weighted by atomic mass is 16.1. The van der Waals surface area contributed by atoms with Crippen LogP contribution in [0.2, 0.25) is 0 Å². The SMILES string of the molecule is C[N]CC(=O)c1ccccc1. The molecule has 2 heteroatoms. The Morgan fingerprint density at radius 3 is 2.55 bits per heavy atom. The van der Waals surface area contributed by atoms with Crippen LogP contribution in [0.25, 0.3) is 0 Å². The van der Waals surface area contributed by atoms with E-state index in [-0.39, 0.29) is 12.3 Å². The zero-order valence-electron chi connectivity index (χ0n) is 6.45. The molecule has 0 fully saturated rings. The van der Waals surface area contributed by atoms with E-state index in [9.17, 15) is 4.79 Å². The Hall–Kier alpha value is -1.15. The minimum atomic E-state index is 0.0769. The summed E-state index contributed by atoms with van der Waals surface area (Å²) in [5.74, 6) is 0.0769. The van der Waals surface area contributed by atoms with E-state index in [1.54, 1.807) is 19.2 Å². The van der Waals surface area contributed by atoms with Crippen LogP contribution in [0.4, 0.5) is 0 Å². The second-order valence-electron chi connectivity index (χ2n) is 2.26. The number of nitrogens with zero attached hydrogens (tertiary/aromatic N) is 1. The van der Waals surface area contributed by atoms with Crippen LogP contribution < -0.4 is 5.32 Å². The average Bonchev–Trinajstić information content (AvgIpc) is 2.07. The second kappa shape index (κ2) is 3.88. The van der Waals surface area contributed by atoms with Gasteiger partial charge in [0.2, 0.25) is 0 Å². The zero-order chi connectivity index (χ0) is 8.10. The van der Waals surface area contributed by atoms with Crippen LogP contribution in [0.5, 0.6) is 0 Å². The maximum Gasteiger partial charge on any atom is 0.178 e. The summed E-state index contributed by atoms with van der Waals surface area (Å²) in [5, 5.41) is 3.76. The highest BCUT2D eigenvalue weighted by molar-refractivity contribution is 5.97. The maximum absolute atomic E-state index is 11.2. The highest BCUT2D eigenvalue weighted by Crippen LogP contribution is 1.98. The van der Waals surface area contributed by atoms with Crippen molar-refractivity contribution in [1.29, 1.82) is 0 Å². The van der Waals surface area contributed by atoms with Crippen molar-refractivity contribution < 1.29 is 4.79 Å². The Bertz CT molecular complexity index is 231. The van der Waals surface area contributed by atoms with Crippen molar-refractivity contribution in [3.63, 3.8) is 0 Å². The first-order valence-corrected chi connectivity index (χ1v) is 3.48. The number of likely N-dealkylation sites (N-methyl/N-ethyl adjacent to an activating group) is 1. The Morgan fingerprint density at radius 1 is 1.36 bits per heavy atom. The first kappa shape index (κ1) is 7.95. The summed E-state index contributed by atoms with van der Waals surface area (Å²) in [6, 6.07) is 9.19. The number of hydrogen-bond acceptors (Lipinski definition) is 1. The minimum absolute atomic E-state index is 0.0769. The Kier molecular flexibility index (Phi) is 2.81. The van der Waals surface area contributed by atoms with E-state index in [0.717, 1.165) is 5.56 Å². The van der Waals surface area contributed by atoms with Crippen molar-refractivity contribution in [2.24, 2.45) is 0 Å². The molecule has 0 saturated heterocycles. The Labute approximate surface area is 66.2 Å². The van der Waals surface area contributed by atoms with Gasteiger partial charge < -0.3 is 0 Å². The normalized spacial score (nSPS) is 9.55. The summed E-state index contributed by atoms with van der Waals surface area (Å²) in [6.45, 7) is 0.282. The first-order chi connectivity index (χ1) is 5.34. The third kappa shape index (κ3) is 2.16. The summed E-state index contributed by atoms with van der Waals surface area (Å²) in [4.78, 5) is 11.2. The number of rotatable bonds is 3. The van der Waals surface area contributed by atoms with Gasteiger partial charge in [0.05, 0.1) is 6.54 Å². The zero-order valence-corrected chi connectivity index (χ0v) is 6.45. The standard InChI is InChI=1S/C9H10NO/c1-10-7-9(11)8-5-3-2-4-6-8/h2-6H,7H2,1H3. The number of carbonyl (C=O) groups excluding carboxylic acids is 1. The van der Waals surface area contributed by atoms with E-state index in [2.05, 4.69) is 5.32 Å². The van der Waals surface area contributed by atoms with Crippen molar-refractivity contribution in [2.45, 2.75) is 0 Å². The molecule has 0 aromatic heterocycles. The molecule has 0 spiro atoms. The van der Waals surface area contributed by atoms with Gasteiger partial charge in [-0.1, -0.05) is 30.3 Å². The molecular weight excluding hydrogens is 138 g/mol. The van der Waals surface area contributed by atoms with E-state index < -0.39 is 0 Å². The largest absolute Gasteiger partial charge is 0.293 e. The Morgan fingerprint density at radius 2 is 2.00 bits per heavy atom. The molecule has 0 N–H and O–H groups in total. The molecule has 0 amide bonds. The maximum atomic E-state index is 11.2. The smallest absolute Gasteiger partial charge is 0.178 e. The summed E-state index contributed by atoms with van der Waals surface area (Å²) < 4.78 is 0. The van der Waals surface area contributed by atoms with Crippen LogP contribution in [0.1, 0.15) is 10.4 Å². The van der Waals surface area contributed by atoms with Gasteiger partial charge in [-0.3, -0.25) is 4.79 Å². The van der Waals surface area contributed by atoms with Crippen LogP contribution in [-0.4, -0.2) is 19.4 Å². The van der Waals surface area contributed by atoms with E-state index in [4.69, 9.17) is 0 Å². The average molecular weight is 148 g/mol. The molecular formula is C9H10NO. The molecule has 0 aliphatic heterocycles. The lowest BCUT2D eigenvalue weighted by Crippen LogP contribution is -2.12. The van der Waals surface area contributed by atoms with Gasteiger partial charge in [-0.05, 0) is 0 Å². The molecule has 1 radical (unpaired) electrons. The molecule has 1 rings (SSSR count). The summed E-state index contributed by atoms with van der Waals surface area (Å²) in [5.41, 5.74) is 0.734. The fourth-order valence-corrected chi connectivity index (χ4v) is 0.859. The van der Waals surface area contributed by atoms with Crippen molar-refractivity contribution in [1.82, 2.24) is 5.32 Å². The summed E-state index contributed by atoms with van der Waals surface area (Å²) >= 11 is 0. The van der Waals surface area contributed by atoms with Gasteiger partial charge in [0.15, 0.2) is 5.78 Å². The van der Waals surface area contributed by atoms with Gasteiger partial charge in [0, 0.05) is 12.6 Å². The molecule has 0 atom stereocenters. The molecule has 1 aromatic carbocycles. The van der Waals surface area contributed by atoms with Gasteiger partial charge in [0.25, 0.3) is 0 Å². The first-order valence-electron chi connectivity index (χ1n) is 3.48. The Balaban J connectivity index is 2.69. The number of Topliss-reactive ketones (excluding diaryl/α,β-unsaturated/α-hetero) is 1. The van der Waals surface area contributed by atoms with Gasteiger partial charge in [-0.25, -0.2) is 5.32 Å². The van der Waals surface area contributed by atoms with Crippen molar-refractivity contribution in [3.05, 3.63) is 35.9 Å². The van der Waals surface area contributed by atoms with Crippen LogP contribution in [0, 0.1) is 0 Å². The predicted octanol–water partition coefficient (Wildman–Crippen LogP) is 1.10. The van der Waals surface area contributed by atoms with E-state index in [1.165, 1.54) is 0 Å². The molecule has 1 aromatic rings. The molecule has 11 heavy (non-hydrogen) atoms. The number of hydrogen-bond donors (Lipinski definition) is 0. The molecule has 0 aliphatic carbocycles. The molecule has 0 heterocycles. The lowest BCUT2D eigenvalue weighted by molar-refractivity contribution is 0.0992. The van der Waals surface area contributed by atoms with E-state index in [0.29, 0.717) is 0 Å². The molecule has 2 nitrogen and oxygen atoms in total. The van der Waals surface area contributed by atoms with Crippen molar-refractivity contribution in [3.8, 4) is 0 Å². The molecule has 57 valence electrons. The van der Waals surface area contributed by atoms with Gasteiger partial charge in [-0.2, -0.15) is 0 Å². The third-order valence-corrected chi connectivity index (χ3v) is 1.40. The lowest BCUT2D eigenvalue weighted by Gasteiger charge is -1.96. The number of benzene rings is 1. The molecule has 0 unspecified atom stereocenters. The molecule has 0 saturated carbocycles. The number of ketones is 1. The van der Waals surface area contributed by atoms with Crippen molar-refractivity contribution in [2.75, 3.05) is 13.6 Å². The fourth-order valence-electron chi connectivity index (χ4n) is 0.859. The van der Waals surface area contributed by atoms with Gasteiger partial charge in [-0.15, -0.1) is 0 Å². The quantitative estimate of drug-likeness (QED) is 0.590. The van der Waals surface area contributed by atoms with E-state index >= 15 is 0 Å². The van der Waals surface area contributed by atoms with Crippen molar-refractivity contribution >= 4 is 5.78 Å². The predicted molar refractivity (Wildman–Crippen MR) is 43.7 cm³/mol. The number of carbonyl (C=O) groups is 1. The summed E-state index contributed by atoms with van der Waals surface area (Å²) in [7, 11) is 1.64. The highest BCUT2D eigenvalue weighted by Gasteiger charge is 2.01. The molecule has 0 aliphatic rings. The summed E-state index contributed by atoms with van der Waals surface area (Å²) in [6.07, 6.45) is 0. The molecule has 0 bridgehead atoms. The topological polar surface area (TPSA) is 31.2 Å². The fraction of sp³-hybridized carbons (Fsp3) is 0.222. The third-order valence-electron chi connectivity index (χ3n) is 1.40. The lowest BCUT2D eigenvalue weighted by atomic mass is 10.1. The second-order valence-corrected chi connectivity index (χ2v) is 2.26. The van der Waals surface area contributed by atoms with Crippen LogP contribution in [0.3, 0.4) is 0 Å². The monoisotopic (exact) mass is 148 g/mol.